The van der Waals surface area contributed by atoms with Crippen molar-refractivity contribution >= 4 is 5.97 Å². The standard InChI is InChI=1S/C12H16F2N2O2/c1-15-11(12(17)18)7-16(2)6-8-5-9(13)3-4-10(8)14/h3-5,11,15H,6-7H2,1-2H3,(H,17,18). The van der Waals surface area contributed by atoms with E-state index in [2.05, 4.69) is 5.32 Å². The van der Waals surface area contributed by atoms with E-state index < -0.39 is 23.6 Å². The number of nitrogens with zero attached hydrogens (tertiary/aromatic N) is 1. The fourth-order valence-electron chi connectivity index (χ4n) is 1.62. The van der Waals surface area contributed by atoms with Gasteiger partial charge in [-0.25, -0.2) is 8.78 Å². The molecule has 0 amide bonds. The summed E-state index contributed by atoms with van der Waals surface area (Å²) >= 11 is 0. The van der Waals surface area contributed by atoms with Gasteiger partial charge in [-0.15, -0.1) is 0 Å². The van der Waals surface area contributed by atoms with Crippen LogP contribution in [0.15, 0.2) is 18.2 Å². The van der Waals surface area contributed by atoms with Crippen molar-refractivity contribution in [1.29, 1.82) is 0 Å². The molecule has 2 N–H and O–H groups in total. The van der Waals surface area contributed by atoms with Gasteiger partial charge < -0.3 is 10.4 Å². The Bertz CT molecular complexity index is 427. The highest BCUT2D eigenvalue weighted by Gasteiger charge is 2.17. The first kappa shape index (κ1) is 14.5. The molecule has 0 spiro atoms. The summed E-state index contributed by atoms with van der Waals surface area (Å²) in [5, 5.41) is 11.5. The first-order chi connectivity index (χ1) is 8.43. The molecule has 1 atom stereocenters. The van der Waals surface area contributed by atoms with Crippen molar-refractivity contribution in [3.05, 3.63) is 35.4 Å². The van der Waals surface area contributed by atoms with Gasteiger partial charge in [0.1, 0.15) is 17.7 Å². The first-order valence-corrected chi connectivity index (χ1v) is 5.46. The Hall–Kier alpha value is -1.53. The number of rotatable bonds is 6. The van der Waals surface area contributed by atoms with Crippen LogP contribution in [-0.2, 0) is 11.3 Å². The third-order valence-corrected chi connectivity index (χ3v) is 2.59. The van der Waals surface area contributed by atoms with E-state index in [9.17, 15) is 13.6 Å². The lowest BCUT2D eigenvalue weighted by molar-refractivity contribution is -0.139. The molecule has 1 aromatic carbocycles. The van der Waals surface area contributed by atoms with Crippen molar-refractivity contribution in [3.8, 4) is 0 Å². The van der Waals surface area contributed by atoms with Gasteiger partial charge in [-0.3, -0.25) is 9.69 Å². The molecular formula is C12H16F2N2O2. The normalized spacial score (nSPS) is 12.7. The van der Waals surface area contributed by atoms with Crippen molar-refractivity contribution in [3.63, 3.8) is 0 Å². The van der Waals surface area contributed by atoms with E-state index >= 15 is 0 Å². The topological polar surface area (TPSA) is 52.6 Å². The highest BCUT2D eigenvalue weighted by molar-refractivity contribution is 5.73. The van der Waals surface area contributed by atoms with Crippen LogP contribution in [0.2, 0.25) is 0 Å². The predicted octanol–water partition coefficient (Wildman–Crippen LogP) is 1.07. The number of hydrogen-bond donors (Lipinski definition) is 2. The molecule has 1 unspecified atom stereocenters. The van der Waals surface area contributed by atoms with Gasteiger partial charge in [0.05, 0.1) is 0 Å². The lowest BCUT2D eigenvalue weighted by atomic mass is 10.2. The summed E-state index contributed by atoms with van der Waals surface area (Å²) < 4.78 is 26.3. The molecule has 0 saturated heterocycles. The largest absolute Gasteiger partial charge is 0.480 e. The van der Waals surface area contributed by atoms with E-state index in [4.69, 9.17) is 5.11 Å². The van der Waals surface area contributed by atoms with E-state index in [1.54, 1.807) is 11.9 Å². The number of benzene rings is 1. The molecular weight excluding hydrogens is 242 g/mol. The predicted molar refractivity (Wildman–Crippen MR) is 63.2 cm³/mol. The van der Waals surface area contributed by atoms with Crippen LogP contribution in [0.4, 0.5) is 8.78 Å². The number of carboxylic acid groups (broad SMARTS) is 1. The van der Waals surface area contributed by atoms with Crippen molar-refractivity contribution in [2.75, 3.05) is 20.6 Å². The summed E-state index contributed by atoms with van der Waals surface area (Å²) in [5.74, 6) is -1.99. The van der Waals surface area contributed by atoms with Gasteiger partial charge in [-0.05, 0) is 32.3 Å². The fourth-order valence-corrected chi connectivity index (χ4v) is 1.62. The van der Waals surface area contributed by atoms with Crippen LogP contribution in [0.3, 0.4) is 0 Å². The van der Waals surface area contributed by atoms with Crippen LogP contribution in [0.25, 0.3) is 0 Å². The monoisotopic (exact) mass is 258 g/mol. The summed E-state index contributed by atoms with van der Waals surface area (Å²) in [6.07, 6.45) is 0. The van der Waals surface area contributed by atoms with Gasteiger partial charge in [0, 0.05) is 18.7 Å². The molecule has 100 valence electrons. The van der Waals surface area contributed by atoms with E-state index in [1.165, 1.54) is 7.05 Å². The molecule has 4 nitrogen and oxygen atoms in total. The lowest BCUT2D eigenvalue weighted by Crippen LogP contribution is -2.43. The van der Waals surface area contributed by atoms with Gasteiger partial charge in [0.15, 0.2) is 0 Å². The van der Waals surface area contributed by atoms with Crippen LogP contribution >= 0.6 is 0 Å². The van der Waals surface area contributed by atoms with E-state index in [-0.39, 0.29) is 18.7 Å². The summed E-state index contributed by atoms with van der Waals surface area (Å²) in [5.41, 5.74) is 0.206. The molecule has 0 aromatic heterocycles. The van der Waals surface area contributed by atoms with Crippen molar-refractivity contribution in [2.45, 2.75) is 12.6 Å². The zero-order chi connectivity index (χ0) is 13.7. The number of carboxylic acids is 1. The molecule has 0 saturated carbocycles. The number of nitrogens with one attached hydrogen (secondary N) is 1. The van der Waals surface area contributed by atoms with Crippen molar-refractivity contribution in [2.24, 2.45) is 0 Å². The Morgan fingerprint density at radius 1 is 1.50 bits per heavy atom. The van der Waals surface area contributed by atoms with Crippen LogP contribution in [0.1, 0.15) is 5.56 Å². The Balaban J connectivity index is 2.66. The zero-order valence-electron chi connectivity index (χ0n) is 10.3. The number of aliphatic carboxylic acids is 1. The number of halogens is 2. The highest BCUT2D eigenvalue weighted by atomic mass is 19.1. The van der Waals surface area contributed by atoms with E-state index in [0.717, 1.165) is 18.2 Å². The second kappa shape index (κ2) is 6.42. The third-order valence-electron chi connectivity index (χ3n) is 2.59. The Labute approximate surface area is 104 Å². The molecule has 0 bridgehead atoms. The van der Waals surface area contributed by atoms with Gasteiger partial charge in [0.25, 0.3) is 0 Å². The maximum Gasteiger partial charge on any atom is 0.322 e. The molecule has 18 heavy (non-hydrogen) atoms. The van der Waals surface area contributed by atoms with Crippen molar-refractivity contribution < 1.29 is 18.7 Å². The van der Waals surface area contributed by atoms with E-state index in [0.29, 0.717) is 0 Å². The van der Waals surface area contributed by atoms with Crippen LogP contribution in [0.5, 0.6) is 0 Å². The van der Waals surface area contributed by atoms with Crippen molar-refractivity contribution in [1.82, 2.24) is 10.2 Å². The second-order valence-electron chi connectivity index (χ2n) is 4.11. The molecule has 6 heteroatoms. The SMILES string of the molecule is CNC(CN(C)Cc1cc(F)ccc1F)C(=O)O. The lowest BCUT2D eigenvalue weighted by Gasteiger charge is -2.21. The maximum atomic E-state index is 13.4. The van der Waals surface area contributed by atoms with Crippen LogP contribution in [0, 0.1) is 11.6 Å². The molecule has 0 aliphatic carbocycles. The molecule has 0 radical (unpaired) electrons. The Morgan fingerprint density at radius 3 is 2.72 bits per heavy atom. The molecule has 1 rings (SSSR count). The van der Waals surface area contributed by atoms with Gasteiger partial charge in [-0.1, -0.05) is 0 Å². The van der Waals surface area contributed by atoms with Gasteiger partial charge in [0.2, 0.25) is 0 Å². The smallest absolute Gasteiger partial charge is 0.322 e. The highest BCUT2D eigenvalue weighted by Crippen LogP contribution is 2.11. The number of hydrogen-bond acceptors (Lipinski definition) is 3. The molecule has 1 aromatic rings. The molecule has 0 fully saturated rings. The third kappa shape index (κ3) is 4.05. The quantitative estimate of drug-likeness (QED) is 0.801. The van der Waals surface area contributed by atoms with Gasteiger partial charge in [-0.2, -0.15) is 0 Å². The number of carbonyl (C=O) groups is 1. The average Bonchev–Trinajstić information content (AvgIpc) is 2.30. The Kier molecular flexibility index (Phi) is 5.18. The minimum atomic E-state index is -0.982. The zero-order valence-corrected chi connectivity index (χ0v) is 10.3. The van der Waals surface area contributed by atoms with Crippen LogP contribution in [-0.4, -0.2) is 42.7 Å². The fraction of sp³-hybridized carbons (Fsp3) is 0.417. The summed E-state index contributed by atoms with van der Waals surface area (Å²) in [6.45, 7) is 0.344. The number of likely N-dealkylation sites (N-methyl/N-ethyl adjacent to an activating group) is 2. The average molecular weight is 258 g/mol. The Morgan fingerprint density at radius 2 is 2.17 bits per heavy atom. The van der Waals surface area contributed by atoms with Crippen LogP contribution < -0.4 is 5.32 Å². The summed E-state index contributed by atoms with van der Waals surface area (Å²) in [4.78, 5) is 12.4. The molecule has 0 aliphatic heterocycles. The maximum absolute atomic E-state index is 13.4. The molecule has 0 aliphatic rings. The minimum absolute atomic E-state index is 0.148. The first-order valence-electron chi connectivity index (χ1n) is 5.46. The second-order valence-corrected chi connectivity index (χ2v) is 4.11. The summed E-state index contributed by atoms with van der Waals surface area (Å²) in [6, 6.07) is 2.48. The van der Waals surface area contributed by atoms with E-state index in [1.807, 2.05) is 0 Å². The summed E-state index contributed by atoms with van der Waals surface area (Å²) in [7, 11) is 3.19. The minimum Gasteiger partial charge on any atom is -0.480 e. The van der Waals surface area contributed by atoms with Gasteiger partial charge >= 0.3 is 5.97 Å². The molecule has 0 heterocycles.